The van der Waals surface area contributed by atoms with E-state index < -0.39 is 11.0 Å². The number of nitrogens with zero attached hydrogens (tertiary/aromatic N) is 3. The molecule has 0 aliphatic heterocycles. The number of hydrogen-bond donors (Lipinski definition) is 1. The summed E-state index contributed by atoms with van der Waals surface area (Å²) in [5, 5.41) is 5.80. The molecule has 1 aromatic carbocycles. The second kappa shape index (κ2) is 11.3. The van der Waals surface area contributed by atoms with Crippen molar-refractivity contribution in [1.29, 1.82) is 0 Å². The summed E-state index contributed by atoms with van der Waals surface area (Å²) in [6.07, 6.45) is 8.77. The smallest absolute Gasteiger partial charge is 0.206 e. The van der Waals surface area contributed by atoms with Gasteiger partial charge in [0, 0.05) is 18.3 Å². The highest BCUT2D eigenvalue weighted by Gasteiger charge is 2.18. The zero-order valence-corrected chi connectivity index (χ0v) is 19.6. The zero-order valence-electron chi connectivity index (χ0n) is 18.8. The van der Waals surface area contributed by atoms with Crippen LogP contribution in [0.2, 0.25) is 0 Å². The lowest BCUT2D eigenvalue weighted by Crippen LogP contribution is -2.18. The van der Waals surface area contributed by atoms with Gasteiger partial charge in [-0.3, -0.25) is 0 Å². The third kappa shape index (κ3) is 5.75. The first-order valence-corrected chi connectivity index (χ1v) is 12.6. The Kier molecular flexibility index (Phi) is 8.01. The van der Waals surface area contributed by atoms with Crippen molar-refractivity contribution in [3.05, 3.63) is 66.1 Å². The minimum absolute atomic E-state index is 0.249. The summed E-state index contributed by atoms with van der Waals surface area (Å²) in [6, 6.07) is 13.8. The van der Waals surface area contributed by atoms with E-state index in [4.69, 9.17) is 4.42 Å². The van der Waals surface area contributed by atoms with Gasteiger partial charge in [-0.15, -0.1) is 0 Å². The average molecular weight is 469 g/mol. The first kappa shape index (κ1) is 23.3. The van der Waals surface area contributed by atoms with E-state index in [1.54, 1.807) is 41.2 Å². The predicted octanol–water partition coefficient (Wildman–Crippen LogP) is 5.85. The van der Waals surface area contributed by atoms with Gasteiger partial charge in [-0.05, 0) is 36.8 Å². The molecule has 0 amide bonds. The van der Waals surface area contributed by atoms with E-state index in [2.05, 4.69) is 21.7 Å². The van der Waals surface area contributed by atoms with Crippen LogP contribution in [0.25, 0.3) is 22.5 Å². The minimum atomic E-state index is -1.42. The number of halogens is 1. The zero-order chi connectivity index (χ0) is 23.0. The summed E-state index contributed by atoms with van der Waals surface area (Å²) in [7, 11) is -1.42. The fraction of sp³-hybridized carbons (Fsp3) is 0.360. The summed E-state index contributed by atoms with van der Waals surface area (Å²) in [5.41, 5.74) is 1.75. The van der Waals surface area contributed by atoms with Crippen molar-refractivity contribution in [3.63, 3.8) is 0 Å². The molecule has 0 fully saturated rings. The van der Waals surface area contributed by atoms with Crippen LogP contribution in [0.15, 0.2) is 64.2 Å². The number of nitrogens with one attached hydrogen (secondary N) is 1. The second-order valence-electron chi connectivity index (χ2n) is 8.02. The highest BCUT2D eigenvalue weighted by Crippen LogP contribution is 2.29. The van der Waals surface area contributed by atoms with E-state index in [1.165, 1.54) is 31.7 Å². The van der Waals surface area contributed by atoms with E-state index in [1.807, 2.05) is 12.1 Å². The van der Waals surface area contributed by atoms with Crippen LogP contribution < -0.4 is 4.72 Å². The molecular weight excluding hydrogens is 439 g/mol. The number of furan rings is 1. The van der Waals surface area contributed by atoms with Crippen LogP contribution in [-0.2, 0) is 17.5 Å². The second-order valence-corrected chi connectivity index (χ2v) is 9.25. The third-order valence-electron chi connectivity index (χ3n) is 5.55. The molecule has 0 saturated heterocycles. The number of pyridine rings is 1. The van der Waals surface area contributed by atoms with Crippen molar-refractivity contribution in [2.24, 2.45) is 0 Å². The Labute approximate surface area is 195 Å². The van der Waals surface area contributed by atoms with Gasteiger partial charge in [-0.2, -0.15) is 5.10 Å². The van der Waals surface area contributed by atoms with E-state index in [0.717, 1.165) is 18.2 Å². The number of fused-ring (bicyclic) bond motifs is 1. The summed E-state index contributed by atoms with van der Waals surface area (Å²) in [5.74, 6) is 0.218. The monoisotopic (exact) mass is 468 g/mol. The maximum Gasteiger partial charge on any atom is 0.206 e. The van der Waals surface area contributed by atoms with Crippen molar-refractivity contribution in [1.82, 2.24) is 19.5 Å². The van der Waals surface area contributed by atoms with Gasteiger partial charge in [-0.1, -0.05) is 57.2 Å². The molecule has 0 bridgehead atoms. The summed E-state index contributed by atoms with van der Waals surface area (Å²) < 4.78 is 37.4. The van der Waals surface area contributed by atoms with Crippen LogP contribution in [-0.4, -0.2) is 25.5 Å². The normalized spacial score (nSPS) is 12.4. The molecule has 3 heterocycles. The standard InChI is InChI=1S/C25H29FN4O2S/c1-2-3-4-5-6-9-17-28-33(31)23-15-14-22(32-23)24-20-12-10-16-27-25(20)30(29-24)18-19-11-7-8-13-21(19)26/h7-8,10-16,28H,2-6,9,17-18H2,1H3. The van der Waals surface area contributed by atoms with Gasteiger partial charge in [0.2, 0.25) is 5.09 Å². The fourth-order valence-corrected chi connectivity index (χ4v) is 4.61. The van der Waals surface area contributed by atoms with E-state index in [0.29, 0.717) is 34.3 Å². The molecule has 1 N–H and O–H groups in total. The van der Waals surface area contributed by atoms with Crippen molar-refractivity contribution in [2.75, 3.05) is 6.54 Å². The molecule has 4 aromatic rings. The molecule has 8 heteroatoms. The van der Waals surface area contributed by atoms with E-state index >= 15 is 0 Å². The van der Waals surface area contributed by atoms with Crippen molar-refractivity contribution < 1.29 is 13.0 Å². The minimum Gasteiger partial charge on any atom is -0.444 e. The molecule has 1 atom stereocenters. The number of aromatic nitrogens is 3. The first-order chi connectivity index (χ1) is 16.2. The Hall–Kier alpha value is -2.84. The molecule has 0 saturated carbocycles. The molecule has 1 unspecified atom stereocenters. The summed E-state index contributed by atoms with van der Waals surface area (Å²) in [4.78, 5) is 4.44. The Balaban J connectivity index is 1.46. The van der Waals surface area contributed by atoms with Crippen LogP contribution in [0.4, 0.5) is 4.39 Å². The van der Waals surface area contributed by atoms with Crippen LogP contribution in [0, 0.1) is 5.82 Å². The molecule has 6 nitrogen and oxygen atoms in total. The van der Waals surface area contributed by atoms with Gasteiger partial charge < -0.3 is 4.42 Å². The molecule has 0 aliphatic rings. The van der Waals surface area contributed by atoms with Crippen molar-refractivity contribution in [2.45, 2.75) is 57.1 Å². The first-order valence-electron chi connectivity index (χ1n) is 11.5. The fourth-order valence-electron chi connectivity index (χ4n) is 3.78. The number of hydrogen-bond acceptors (Lipinski definition) is 4. The Morgan fingerprint density at radius 2 is 1.85 bits per heavy atom. The maximum atomic E-state index is 14.2. The van der Waals surface area contributed by atoms with Gasteiger partial charge in [0.25, 0.3) is 0 Å². The van der Waals surface area contributed by atoms with Gasteiger partial charge in [-0.25, -0.2) is 23.0 Å². The lowest BCUT2D eigenvalue weighted by molar-refractivity contribution is 0.473. The highest BCUT2D eigenvalue weighted by molar-refractivity contribution is 7.82. The largest absolute Gasteiger partial charge is 0.444 e. The number of benzene rings is 1. The van der Waals surface area contributed by atoms with E-state index in [9.17, 15) is 8.60 Å². The lowest BCUT2D eigenvalue weighted by atomic mass is 10.1. The van der Waals surface area contributed by atoms with Gasteiger partial charge in [0.1, 0.15) is 11.5 Å². The molecular formula is C25H29FN4O2S. The number of unbranched alkanes of at least 4 members (excludes halogenated alkanes) is 5. The van der Waals surface area contributed by atoms with E-state index in [-0.39, 0.29) is 12.4 Å². The summed E-state index contributed by atoms with van der Waals surface area (Å²) in [6.45, 7) is 3.13. The SMILES string of the molecule is CCCCCCCCNS(=O)c1ccc(-c2nn(Cc3ccccc3F)c3ncccc23)o1. The molecule has 174 valence electrons. The number of rotatable bonds is 12. The lowest BCUT2D eigenvalue weighted by Gasteiger charge is -2.04. The van der Waals surface area contributed by atoms with Crippen LogP contribution in [0.1, 0.15) is 51.0 Å². The Morgan fingerprint density at radius 1 is 1.03 bits per heavy atom. The molecule has 3 aromatic heterocycles. The van der Waals surface area contributed by atoms with Crippen molar-refractivity contribution >= 4 is 22.0 Å². The Bertz CT molecular complexity index is 1220. The van der Waals surface area contributed by atoms with Gasteiger partial charge in [0.15, 0.2) is 22.4 Å². The third-order valence-corrected chi connectivity index (χ3v) is 6.60. The molecule has 0 aliphatic carbocycles. The Morgan fingerprint density at radius 3 is 2.70 bits per heavy atom. The maximum absolute atomic E-state index is 14.2. The predicted molar refractivity (Wildman–Crippen MR) is 129 cm³/mol. The molecule has 0 radical (unpaired) electrons. The van der Waals surface area contributed by atoms with Gasteiger partial charge >= 0.3 is 0 Å². The topological polar surface area (TPSA) is 73.0 Å². The van der Waals surface area contributed by atoms with Crippen LogP contribution in [0.5, 0.6) is 0 Å². The van der Waals surface area contributed by atoms with Gasteiger partial charge in [0.05, 0.1) is 11.9 Å². The quantitative estimate of drug-likeness (QED) is 0.265. The molecule has 33 heavy (non-hydrogen) atoms. The molecule has 4 rings (SSSR count). The van der Waals surface area contributed by atoms with Crippen LogP contribution >= 0.6 is 0 Å². The average Bonchev–Trinajstić information content (AvgIpc) is 3.45. The van der Waals surface area contributed by atoms with Crippen LogP contribution in [0.3, 0.4) is 0 Å². The van der Waals surface area contributed by atoms with Crippen molar-refractivity contribution in [3.8, 4) is 11.5 Å². The summed E-state index contributed by atoms with van der Waals surface area (Å²) >= 11 is 0. The molecule has 0 spiro atoms. The highest BCUT2D eigenvalue weighted by atomic mass is 32.2.